The SMILES string of the molecule is CC1(C)Cc2cc(C(=O)NCC3CNC3)sc2-c2ccccc21.Cl. The molecule has 0 unspecified atom stereocenters. The van der Waals surface area contributed by atoms with Crippen molar-refractivity contribution < 1.29 is 4.79 Å². The molecular formula is C19H23ClN2OS. The van der Waals surface area contributed by atoms with Crippen LogP contribution in [0.25, 0.3) is 10.4 Å². The van der Waals surface area contributed by atoms with E-state index in [2.05, 4.69) is 54.8 Å². The topological polar surface area (TPSA) is 41.1 Å². The Balaban J connectivity index is 0.00000169. The monoisotopic (exact) mass is 362 g/mol. The van der Waals surface area contributed by atoms with Gasteiger partial charge in [0.2, 0.25) is 0 Å². The molecule has 1 aromatic heterocycles. The summed E-state index contributed by atoms with van der Waals surface area (Å²) < 4.78 is 0. The van der Waals surface area contributed by atoms with Gasteiger partial charge in [0.05, 0.1) is 4.88 Å². The maximum atomic E-state index is 12.5. The Hall–Kier alpha value is -1.36. The quantitative estimate of drug-likeness (QED) is 0.875. The second-order valence-corrected chi connectivity index (χ2v) is 8.36. The minimum absolute atomic E-state index is 0. The molecule has 1 aromatic carbocycles. The van der Waals surface area contributed by atoms with E-state index in [1.165, 1.54) is 21.6 Å². The van der Waals surface area contributed by atoms with Crippen molar-refractivity contribution in [3.05, 3.63) is 46.3 Å². The van der Waals surface area contributed by atoms with Gasteiger partial charge < -0.3 is 10.6 Å². The van der Waals surface area contributed by atoms with Crippen LogP contribution in [-0.2, 0) is 11.8 Å². The average Bonchev–Trinajstić information content (AvgIpc) is 2.89. The summed E-state index contributed by atoms with van der Waals surface area (Å²) in [5, 5.41) is 6.32. The Labute approximate surface area is 153 Å². The number of rotatable bonds is 3. The van der Waals surface area contributed by atoms with Crippen molar-refractivity contribution in [2.24, 2.45) is 5.92 Å². The van der Waals surface area contributed by atoms with Crippen molar-refractivity contribution in [2.75, 3.05) is 19.6 Å². The third-order valence-electron chi connectivity index (χ3n) is 4.98. The summed E-state index contributed by atoms with van der Waals surface area (Å²) >= 11 is 1.64. The van der Waals surface area contributed by atoms with Gasteiger partial charge in [-0.1, -0.05) is 38.1 Å². The van der Waals surface area contributed by atoms with Gasteiger partial charge in [0.15, 0.2) is 0 Å². The highest BCUT2D eigenvalue weighted by molar-refractivity contribution is 7.17. The van der Waals surface area contributed by atoms with Crippen molar-refractivity contribution in [3.63, 3.8) is 0 Å². The van der Waals surface area contributed by atoms with E-state index in [4.69, 9.17) is 0 Å². The smallest absolute Gasteiger partial charge is 0.261 e. The molecule has 1 aliphatic carbocycles. The molecule has 2 N–H and O–H groups in total. The van der Waals surface area contributed by atoms with Crippen LogP contribution in [0.2, 0.25) is 0 Å². The zero-order valence-electron chi connectivity index (χ0n) is 14.0. The zero-order chi connectivity index (χ0) is 16.0. The van der Waals surface area contributed by atoms with E-state index >= 15 is 0 Å². The molecule has 1 aliphatic heterocycles. The minimum Gasteiger partial charge on any atom is -0.351 e. The third kappa shape index (κ3) is 2.99. The molecular weight excluding hydrogens is 340 g/mol. The maximum Gasteiger partial charge on any atom is 0.261 e. The average molecular weight is 363 g/mol. The van der Waals surface area contributed by atoms with Crippen LogP contribution < -0.4 is 10.6 Å². The highest BCUT2D eigenvalue weighted by Crippen LogP contribution is 2.46. The molecule has 0 radical (unpaired) electrons. The lowest BCUT2D eigenvalue weighted by molar-refractivity contribution is 0.0946. The van der Waals surface area contributed by atoms with E-state index in [-0.39, 0.29) is 23.7 Å². The third-order valence-corrected chi connectivity index (χ3v) is 6.19. The molecule has 128 valence electrons. The Morgan fingerprint density at radius 2 is 2.08 bits per heavy atom. The van der Waals surface area contributed by atoms with Crippen molar-refractivity contribution in [1.82, 2.24) is 10.6 Å². The van der Waals surface area contributed by atoms with Crippen molar-refractivity contribution >= 4 is 29.7 Å². The molecule has 4 rings (SSSR count). The number of thiophene rings is 1. The molecule has 0 bridgehead atoms. The van der Waals surface area contributed by atoms with E-state index in [1.54, 1.807) is 11.3 Å². The van der Waals surface area contributed by atoms with Crippen LogP contribution >= 0.6 is 23.7 Å². The first-order valence-corrected chi connectivity index (χ1v) is 9.08. The first-order valence-electron chi connectivity index (χ1n) is 8.26. The second kappa shape index (κ2) is 6.51. The molecule has 2 heterocycles. The number of nitrogens with one attached hydrogen (secondary N) is 2. The second-order valence-electron chi connectivity index (χ2n) is 7.31. The summed E-state index contributed by atoms with van der Waals surface area (Å²) in [5.41, 5.74) is 4.12. The highest BCUT2D eigenvalue weighted by Gasteiger charge is 2.32. The molecule has 0 saturated carbocycles. The van der Waals surface area contributed by atoms with E-state index < -0.39 is 0 Å². The number of halogens is 1. The molecule has 1 fully saturated rings. The van der Waals surface area contributed by atoms with Gasteiger partial charge in [-0.05, 0) is 34.6 Å². The van der Waals surface area contributed by atoms with Gasteiger partial charge in [-0.25, -0.2) is 0 Å². The zero-order valence-corrected chi connectivity index (χ0v) is 15.7. The summed E-state index contributed by atoms with van der Waals surface area (Å²) in [6.45, 7) is 7.38. The number of hydrogen-bond acceptors (Lipinski definition) is 3. The summed E-state index contributed by atoms with van der Waals surface area (Å²) in [6.07, 6.45) is 0.996. The highest BCUT2D eigenvalue weighted by atomic mass is 35.5. The molecule has 5 heteroatoms. The normalized spacial score (nSPS) is 17.9. The number of amides is 1. The first kappa shape index (κ1) is 17.5. The fourth-order valence-electron chi connectivity index (χ4n) is 3.56. The Morgan fingerprint density at radius 1 is 1.33 bits per heavy atom. The van der Waals surface area contributed by atoms with Gasteiger partial charge in [0, 0.05) is 30.4 Å². The van der Waals surface area contributed by atoms with Gasteiger partial charge in [0.25, 0.3) is 5.91 Å². The van der Waals surface area contributed by atoms with Crippen LogP contribution in [-0.4, -0.2) is 25.5 Å². The lowest BCUT2D eigenvalue weighted by atomic mass is 9.73. The fraction of sp³-hybridized carbons (Fsp3) is 0.421. The molecule has 2 aromatic rings. The molecule has 1 saturated heterocycles. The summed E-state index contributed by atoms with van der Waals surface area (Å²) in [5.74, 6) is 0.666. The standard InChI is InChI=1S/C19H22N2OS.ClH/c1-19(2)8-13-7-16(18(22)21-11-12-9-20-10-12)23-17(13)14-5-3-4-6-15(14)19;/h3-7,12,20H,8-11H2,1-2H3,(H,21,22);1H. The van der Waals surface area contributed by atoms with E-state index in [0.717, 1.165) is 30.9 Å². The maximum absolute atomic E-state index is 12.5. The van der Waals surface area contributed by atoms with Crippen molar-refractivity contribution in [1.29, 1.82) is 0 Å². The molecule has 0 spiro atoms. The van der Waals surface area contributed by atoms with Gasteiger partial charge in [-0.3, -0.25) is 4.79 Å². The van der Waals surface area contributed by atoms with Crippen LogP contribution in [0.4, 0.5) is 0 Å². The van der Waals surface area contributed by atoms with Crippen LogP contribution in [0.3, 0.4) is 0 Å². The largest absolute Gasteiger partial charge is 0.351 e. The number of benzene rings is 1. The number of carbonyl (C=O) groups is 1. The van der Waals surface area contributed by atoms with Gasteiger partial charge >= 0.3 is 0 Å². The van der Waals surface area contributed by atoms with Crippen LogP contribution in [0, 0.1) is 5.92 Å². The molecule has 3 nitrogen and oxygen atoms in total. The van der Waals surface area contributed by atoms with E-state index in [9.17, 15) is 4.79 Å². The summed E-state index contributed by atoms with van der Waals surface area (Å²) in [7, 11) is 0. The Kier molecular flexibility index (Phi) is 4.73. The lowest BCUT2D eigenvalue weighted by Crippen LogP contribution is -2.48. The van der Waals surface area contributed by atoms with Gasteiger partial charge in [0.1, 0.15) is 0 Å². The van der Waals surface area contributed by atoms with Crippen LogP contribution in [0.1, 0.15) is 34.6 Å². The Morgan fingerprint density at radius 3 is 2.79 bits per heavy atom. The first-order chi connectivity index (χ1) is 11.0. The van der Waals surface area contributed by atoms with E-state index in [1.807, 2.05) is 0 Å². The van der Waals surface area contributed by atoms with Gasteiger partial charge in [-0.2, -0.15) is 0 Å². The van der Waals surface area contributed by atoms with Crippen LogP contribution in [0.15, 0.2) is 30.3 Å². The summed E-state index contributed by atoms with van der Waals surface area (Å²) in [6, 6.07) is 10.7. The number of fused-ring (bicyclic) bond motifs is 3. The molecule has 1 amide bonds. The molecule has 0 atom stereocenters. The van der Waals surface area contributed by atoms with Gasteiger partial charge in [-0.15, -0.1) is 23.7 Å². The molecule has 24 heavy (non-hydrogen) atoms. The van der Waals surface area contributed by atoms with E-state index in [0.29, 0.717) is 5.92 Å². The number of hydrogen-bond donors (Lipinski definition) is 2. The fourth-order valence-corrected chi connectivity index (χ4v) is 4.70. The predicted molar refractivity (Wildman–Crippen MR) is 102 cm³/mol. The lowest BCUT2D eigenvalue weighted by Gasteiger charge is -2.32. The number of carbonyl (C=O) groups excluding carboxylic acids is 1. The Bertz CT molecular complexity index is 764. The predicted octanol–water partition coefficient (Wildman–Crippen LogP) is 3.62. The molecule has 2 aliphatic rings. The van der Waals surface area contributed by atoms with Crippen molar-refractivity contribution in [2.45, 2.75) is 25.7 Å². The minimum atomic E-state index is 0. The van der Waals surface area contributed by atoms with Crippen LogP contribution in [0.5, 0.6) is 0 Å². The van der Waals surface area contributed by atoms with Crippen molar-refractivity contribution in [3.8, 4) is 10.4 Å². The summed E-state index contributed by atoms with van der Waals surface area (Å²) in [4.78, 5) is 14.6.